The Morgan fingerprint density at radius 1 is 1.77 bits per heavy atom. The summed E-state index contributed by atoms with van der Waals surface area (Å²) in [6.45, 7) is 1.63. The van der Waals surface area contributed by atoms with Crippen LogP contribution in [0, 0.1) is 0 Å². The molecular formula is C8H10ClNO3. The molecule has 0 unspecified atom stereocenters. The second kappa shape index (κ2) is 4.30. The molecule has 0 aromatic carbocycles. The molecule has 0 spiro atoms. The van der Waals surface area contributed by atoms with Crippen LogP contribution < -0.4 is 5.32 Å². The van der Waals surface area contributed by atoms with E-state index in [1.165, 1.54) is 6.92 Å². The first-order chi connectivity index (χ1) is 6.09. The maximum Gasteiger partial charge on any atom is 0.248 e. The van der Waals surface area contributed by atoms with Crippen molar-refractivity contribution in [1.29, 1.82) is 0 Å². The highest BCUT2D eigenvalue weighted by Crippen LogP contribution is 2.12. The van der Waals surface area contributed by atoms with Crippen LogP contribution in [-0.2, 0) is 11.3 Å². The van der Waals surface area contributed by atoms with Gasteiger partial charge >= 0.3 is 0 Å². The molecule has 0 saturated heterocycles. The van der Waals surface area contributed by atoms with E-state index in [0.29, 0.717) is 5.76 Å². The highest BCUT2D eigenvalue weighted by molar-refractivity contribution is 6.28. The first-order valence-corrected chi connectivity index (χ1v) is 4.17. The van der Waals surface area contributed by atoms with Crippen molar-refractivity contribution in [3.63, 3.8) is 0 Å². The summed E-state index contributed by atoms with van der Waals surface area (Å²) >= 11 is 5.51. The third-order valence-corrected chi connectivity index (χ3v) is 1.65. The number of hydrogen-bond acceptors (Lipinski definition) is 3. The van der Waals surface area contributed by atoms with Crippen molar-refractivity contribution in [2.75, 3.05) is 0 Å². The Morgan fingerprint density at radius 2 is 2.46 bits per heavy atom. The van der Waals surface area contributed by atoms with Gasteiger partial charge in [0, 0.05) is 0 Å². The molecule has 0 radical (unpaired) electrons. The van der Waals surface area contributed by atoms with Gasteiger partial charge in [0.2, 0.25) is 5.91 Å². The Hall–Kier alpha value is -1.00. The first kappa shape index (κ1) is 10.1. The fourth-order valence-electron chi connectivity index (χ4n) is 0.769. The highest BCUT2D eigenvalue weighted by atomic mass is 35.5. The minimum Gasteiger partial charge on any atom is -0.448 e. The lowest BCUT2D eigenvalue weighted by Crippen LogP contribution is -2.31. The van der Waals surface area contributed by atoms with E-state index in [1.807, 2.05) is 0 Å². The summed E-state index contributed by atoms with van der Waals surface area (Å²) in [7, 11) is 0. The number of aliphatic hydroxyl groups is 1. The van der Waals surface area contributed by atoms with Crippen LogP contribution in [0.25, 0.3) is 0 Å². The van der Waals surface area contributed by atoms with Gasteiger partial charge in [-0.3, -0.25) is 4.79 Å². The zero-order chi connectivity index (χ0) is 9.84. The lowest BCUT2D eigenvalue weighted by molar-refractivity contribution is -0.128. The van der Waals surface area contributed by atoms with Crippen molar-refractivity contribution in [3.05, 3.63) is 23.1 Å². The zero-order valence-corrected chi connectivity index (χ0v) is 7.84. The summed E-state index contributed by atoms with van der Waals surface area (Å²) in [5.74, 6) is 0.117. The Kier molecular flexibility index (Phi) is 3.33. The van der Waals surface area contributed by atoms with E-state index >= 15 is 0 Å². The average Bonchev–Trinajstić information content (AvgIpc) is 2.47. The molecule has 0 aliphatic heterocycles. The van der Waals surface area contributed by atoms with Gasteiger partial charge in [-0.15, -0.1) is 0 Å². The molecule has 1 heterocycles. The SMILES string of the molecule is C[C@@H](O)C(=O)NCc1ccc(Cl)o1. The molecule has 72 valence electrons. The van der Waals surface area contributed by atoms with Gasteiger partial charge in [0.05, 0.1) is 6.54 Å². The Morgan fingerprint density at radius 3 is 2.92 bits per heavy atom. The number of aliphatic hydroxyl groups excluding tert-OH is 1. The fraction of sp³-hybridized carbons (Fsp3) is 0.375. The summed E-state index contributed by atoms with van der Waals surface area (Å²) in [5.41, 5.74) is 0. The van der Waals surface area contributed by atoms with Crippen LogP contribution in [0.2, 0.25) is 5.22 Å². The van der Waals surface area contributed by atoms with Gasteiger partial charge in [-0.1, -0.05) is 0 Å². The lowest BCUT2D eigenvalue weighted by Gasteiger charge is -2.04. The third kappa shape index (κ3) is 3.08. The van der Waals surface area contributed by atoms with Gasteiger partial charge in [-0.25, -0.2) is 0 Å². The predicted molar refractivity (Wildman–Crippen MR) is 47.2 cm³/mol. The number of halogens is 1. The van der Waals surface area contributed by atoms with E-state index in [-0.39, 0.29) is 11.8 Å². The smallest absolute Gasteiger partial charge is 0.248 e. The highest BCUT2D eigenvalue weighted by Gasteiger charge is 2.08. The quantitative estimate of drug-likeness (QED) is 0.768. The summed E-state index contributed by atoms with van der Waals surface area (Å²) in [5, 5.41) is 11.6. The van der Waals surface area contributed by atoms with Crippen LogP contribution in [0.5, 0.6) is 0 Å². The second-order valence-corrected chi connectivity index (χ2v) is 2.97. The van der Waals surface area contributed by atoms with Gasteiger partial charge in [0.15, 0.2) is 5.22 Å². The third-order valence-electron chi connectivity index (χ3n) is 1.45. The molecule has 2 N–H and O–H groups in total. The predicted octanol–water partition coefficient (Wildman–Crippen LogP) is 0.930. The van der Waals surface area contributed by atoms with E-state index < -0.39 is 12.0 Å². The van der Waals surface area contributed by atoms with E-state index in [0.717, 1.165) is 0 Å². The number of rotatable bonds is 3. The minimum absolute atomic E-state index is 0.233. The number of nitrogens with one attached hydrogen (secondary N) is 1. The van der Waals surface area contributed by atoms with Crippen LogP contribution in [-0.4, -0.2) is 17.1 Å². The first-order valence-electron chi connectivity index (χ1n) is 3.79. The number of amides is 1. The standard InChI is InChI=1S/C8H10ClNO3/c1-5(11)8(12)10-4-6-2-3-7(9)13-6/h2-3,5,11H,4H2,1H3,(H,10,12)/t5-/m1/s1. The second-order valence-electron chi connectivity index (χ2n) is 2.60. The molecule has 1 aromatic heterocycles. The molecule has 0 fully saturated rings. The average molecular weight is 204 g/mol. The van der Waals surface area contributed by atoms with E-state index in [9.17, 15) is 4.79 Å². The lowest BCUT2D eigenvalue weighted by atomic mass is 10.3. The molecule has 1 rings (SSSR count). The van der Waals surface area contributed by atoms with Crippen LogP contribution in [0.1, 0.15) is 12.7 Å². The van der Waals surface area contributed by atoms with Crippen molar-refractivity contribution in [2.24, 2.45) is 0 Å². The van der Waals surface area contributed by atoms with Crippen LogP contribution in [0.3, 0.4) is 0 Å². The van der Waals surface area contributed by atoms with Crippen LogP contribution in [0.15, 0.2) is 16.5 Å². The number of carbonyl (C=O) groups is 1. The molecule has 0 saturated carbocycles. The van der Waals surface area contributed by atoms with Gasteiger partial charge in [-0.05, 0) is 30.7 Å². The van der Waals surface area contributed by atoms with Gasteiger partial charge in [0.25, 0.3) is 0 Å². The van der Waals surface area contributed by atoms with Crippen molar-refractivity contribution < 1.29 is 14.3 Å². The molecule has 13 heavy (non-hydrogen) atoms. The summed E-state index contributed by atoms with van der Waals surface area (Å²) in [6, 6.07) is 3.25. The molecule has 1 atom stereocenters. The van der Waals surface area contributed by atoms with Crippen LogP contribution in [0.4, 0.5) is 0 Å². The van der Waals surface area contributed by atoms with E-state index in [1.54, 1.807) is 12.1 Å². The van der Waals surface area contributed by atoms with Gasteiger partial charge in [-0.2, -0.15) is 0 Å². The zero-order valence-electron chi connectivity index (χ0n) is 7.08. The topological polar surface area (TPSA) is 62.5 Å². The summed E-state index contributed by atoms with van der Waals surface area (Å²) < 4.78 is 4.98. The number of carbonyl (C=O) groups excluding carboxylic acids is 1. The van der Waals surface area contributed by atoms with Crippen molar-refractivity contribution >= 4 is 17.5 Å². The maximum atomic E-state index is 10.9. The monoisotopic (exact) mass is 203 g/mol. The fourth-order valence-corrected chi connectivity index (χ4v) is 0.931. The minimum atomic E-state index is -1.01. The molecule has 4 nitrogen and oxygen atoms in total. The largest absolute Gasteiger partial charge is 0.448 e. The molecule has 1 amide bonds. The van der Waals surface area contributed by atoms with Crippen molar-refractivity contribution in [2.45, 2.75) is 19.6 Å². The number of hydrogen-bond donors (Lipinski definition) is 2. The molecule has 5 heteroatoms. The van der Waals surface area contributed by atoms with Crippen molar-refractivity contribution in [1.82, 2.24) is 5.32 Å². The Labute approximate surface area is 80.5 Å². The Bertz CT molecular complexity index is 295. The van der Waals surface area contributed by atoms with Gasteiger partial charge in [0.1, 0.15) is 11.9 Å². The molecule has 0 bridgehead atoms. The molecule has 1 aromatic rings. The molecule has 0 aliphatic rings. The summed E-state index contributed by atoms with van der Waals surface area (Å²) in [4.78, 5) is 10.9. The van der Waals surface area contributed by atoms with Crippen molar-refractivity contribution in [3.8, 4) is 0 Å². The summed E-state index contributed by atoms with van der Waals surface area (Å²) in [6.07, 6.45) is -1.01. The maximum absolute atomic E-state index is 10.9. The molecular weight excluding hydrogens is 194 g/mol. The van der Waals surface area contributed by atoms with Crippen LogP contribution >= 0.6 is 11.6 Å². The Balaban J connectivity index is 2.39. The van der Waals surface area contributed by atoms with Gasteiger partial charge < -0.3 is 14.8 Å². The number of furan rings is 1. The van der Waals surface area contributed by atoms with E-state index in [4.69, 9.17) is 21.1 Å². The normalized spacial score (nSPS) is 12.5. The van der Waals surface area contributed by atoms with E-state index in [2.05, 4.69) is 5.32 Å². The molecule has 0 aliphatic carbocycles.